The van der Waals surface area contributed by atoms with Crippen molar-refractivity contribution >= 4 is 20.0 Å². The van der Waals surface area contributed by atoms with Crippen molar-refractivity contribution in [2.24, 2.45) is 10.9 Å². The largest absolute Gasteiger partial charge is 0.326 e. The van der Waals surface area contributed by atoms with E-state index in [1.54, 1.807) is 24.3 Å². The minimum absolute atomic E-state index is 0.239. The highest BCUT2D eigenvalue weighted by molar-refractivity contribution is 7.89. The molecule has 9 heteroatoms. The molecule has 19 heavy (non-hydrogen) atoms. The van der Waals surface area contributed by atoms with Gasteiger partial charge in [0.2, 0.25) is 20.0 Å². The lowest BCUT2D eigenvalue weighted by atomic mass is 10.1. The maximum atomic E-state index is 11.8. The number of nitrogens with two attached hydrogens (primary N) is 2. The second-order valence-electron chi connectivity index (χ2n) is 3.99. The second-order valence-corrected chi connectivity index (χ2v) is 7.53. The molecule has 0 aliphatic heterocycles. The van der Waals surface area contributed by atoms with E-state index in [2.05, 4.69) is 4.72 Å². The van der Waals surface area contributed by atoms with E-state index >= 15 is 0 Å². The SMILES string of the molecule is NCc1ccccc1CS(=O)(=O)NCCS(N)(=O)=O. The van der Waals surface area contributed by atoms with Gasteiger partial charge < -0.3 is 5.73 Å². The van der Waals surface area contributed by atoms with Gasteiger partial charge in [-0.25, -0.2) is 26.7 Å². The van der Waals surface area contributed by atoms with Gasteiger partial charge in [-0.3, -0.25) is 0 Å². The fourth-order valence-electron chi connectivity index (χ4n) is 1.49. The maximum Gasteiger partial charge on any atom is 0.215 e. The summed E-state index contributed by atoms with van der Waals surface area (Å²) >= 11 is 0. The van der Waals surface area contributed by atoms with Crippen LogP contribution in [0.1, 0.15) is 11.1 Å². The van der Waals surface area contributed by atoms with Gasteiger partial charge >= 0.3 is 0 Å². The van der Waals surface area contributed by atoms with Crippen LogP contribution in [0.25, 0.3) is 0 Å². The van der Waals surface area contributed by atoms with Crippen LogP contribution in [0.5, 0.6) is 0 Å². The van der Waals surface area contributed by atoms with Crippen LogP contribution in [0, 0.1) is 0 Å². The van der Waals surface area contributed by atoms with Crippen LogP contribution in [0.3, 0.4) is 0 Å². The lowest BCUT2D eigenvalue weighted by molar-refractivity contribution is 0.580. The van der Waals surface area contributed by atoms with E-state index in [9.17, 15) is 16.8 Å². The van der Waals surface area contributed by atoms with Crippen LogP contribution < -0.4 is 15.6 Å². The predicted molar refractivity (Wildman–Crippen MR) is 72.9 cm³/mol. The molecular weight excluding hydrogens is 290 g/mol. The van der Waals surface area contributed by atoms with Crippen LogP contribution in [0.2, 0.25) is 0 Å². The molecule has 0 atom stereocenters. The van der Waals surface area contributed by atoms with Crippen molar-refractivity contribution in [3.8, 4) is 0 Å². The molecule has 0 spiro atoms. The molecule has 0 aliphatic rings. The number of nitrogens with one attached hydrogen (secondary N) is 1. The van der Waals surface area contributed by atoms with Gasteiger partial charge in [-0.15, -0.1) is 0 Å². The summed E-state index contributed by atoms with van der Waals surface area (Å²) < 4.78 is 47.1. The van der Waals surface area contributed by atoms with E-state index < -0.39 is 25.8 Å². The summed E-state index contributed by atoms with van der Waals surface area (Å²) in [5.74, 6) is -0.685. The summed E-state index contributed by atoms with van der Waals surface area (Å²) in [5, 5.41) is 4.78. The Balaban J connectivity index is 2.69. The number of rotatable bonds is 7. The molecule has 108 valence electrons. The van der Waals surface area contributed by atoms with Crippen molar-refractivity contribution in [2.75, 3.05) is 12.3 Å². The van der Waals surface area contributed by atoms with Gasteiger partial charge in [-0.2, -0.15) is 0 Å². The van der Waals surface area contributed by atoms with Crippen LogP contribution in [0.4, 0.5) is 0 Å². The second kappa shape index (κ2) is 6.44. The third-order valence-electron chi connectivity index (χ3n) is 2.39. The number of hydrogen-bond donors (Lipinski definition) is 3. The zero-order valence-electron chi connectivity index (χ0n) is 10.2. The first-order valence-corrected chi connectivity index (χ1v) is 8.85. The zero-order valence-corrected chi connectivity index (χ0v) is 11.9. The molecule has 1 aromatic carbocycles. The average Bonchev–Trinajstić information content (AvgIpc) is 2.27. The van der Waals surface area contributed by atoms with E-state index in [1.165, 1.54) is 0 Å². The lowest BCUT2D eigenvalue weighted by Crippen LogP contribution is -2.32. The van der Waals surface area contributed by atoms with Crippen LogP contribution >= 0.6 is 0 Å². The molecule has 0 unspecified atom stereocenters. The van der Waals surface area contributed by atoms with Gasteiger partial charge in [0.1, 0.15) is 0 Å². The van der Waals surface area contributed by atoms with Crippen LogP contribution in [-0.2, 0) is 32.3 Å². The topological polar surface area (TPSA) is 132 Å². The molecule has 0 amide bonds. The van der Waals surface area contributed by atoms with Crippen molar-refractivity contribution in [2.45, 2.75) is 12.3 Å². The Bertz CT molecular complexity index is 626. The molecule has 1 aromatic rings. The number of benzene rings is 1. The van der Waals surface area contributed by atoms with Gasteiger partial charge in [0.05, 0.1) is 11.5 Å². The standard InChI is InChI=1S/C10H17N3O4S2/c11-7-9-3-1-2-4-10(9)8-19(16,17)13-5-6-18(12,14)15/h1-4,13H,5-8,11H2,(H2,12,14,15). The summed E-state index contributed by atoms with van der Waals surface area (Å²) in [7, 11) is -7.29. The van der Waals surface area contributed by atoms with E-state index in [-0.39, 0.29) is 18.8 Å². The summed E-state index contributed by atoms with van der Waals surface area (Å²) in [6.07, 6.45) is 0. The highest BCUT2D eigenvalue weighted by Crippen LogP contribution is 2.11. The van der Waals surface area contributed by atoms with Crippen molar-refractivity contribution in [3.05, 3.63) is 35.4 Å². The minimum Gasteiger partial charge on any atom is -0.326 e. The molecule has 0 bridgehead atoms. The maximum absolute atomic E-state index is 11.8. The highest BCUT2D eigenvalue weighted by atomic mass is 32.2. The first kappa shape index (κ1) is 16.1. The Morgan fingerprint density at radius 1 is 1.05 bits per heavy atom. The first-order valence-electron chi connectivity index (χ1n) is 5.48. The summed E-state index contributed by atoms with van der Waals surface area (Å²) in [6.45, 7) is -0.00513. The van der Waals surface area contributed by atoms with Gasteiger partial charge in [-0.05, 0) is 11.1 Å². The van der Waals surface area contributed by atoms with E-state index in [4.69, 9.17) is 10.9 Å². The van der Waals surface area contributed by atoms with Crippen molar-refractivity contribution in [1.82, 2.24) is 4.72 Å². The Kier molecular flexibility index (Phi) is 5.44. The van der Waals surface area contributed by atoms with Crippen molar-refractivity contribution in [3.63, 3.8) is 0 Å². The Hall–Kier alpha value is -1.00. The molecule has 0 saturated heterocycles. The van der Waals surface area contributed by atoms with Crippen LogP contribution in [-0.4, -0.2) is 29.1 Å². The quantitative estimate of drug-likeness (QED) is 0.585. The van der Waals surface area contributed by atoms with Gasteiger partial charge in [0.15, 0.2) is 0 Å². The summed E-state index contributed by atoms with van der Waals surface area (Å²) in [4.78, 5) is 0. The lowest BCUT2D eigenvalue weighted by Gasteiger charge is -2.09. The third kappa shape index (κ3) is 6.12. The third-order valence-corrected chi connectivity index (χ3v) is 4.50. The number of sulfonamides is 2. The first-order chi connectivity index (χ1) is 8.73. The minimum atomic E-state index is -3.68. The van der Waals surface area contributed by atoms with Crippen molar-refractivity contribution in [1.29, 1.82) is 0 Å². The Morgan fingerprint density at radius 2 is 1.63 bits per heavy atom. The molecule has 1 rings (SSSR count). The smallest absolute Gasteiger partial charge is 0.215 e. The molecule has 0 heterocycles. The van der Waals surface area contributed by atoms with Gasteiger partial charge in [0, 0.05) is 13.1 Å². The fourth-order valence-corrected chi connectivity index (χ4v) is 3.21. The van der Waals surface area contributed by atoms with Crippen molar-refractivity contribution < 1.29 is 16.8 Å². The molecular formula is C10H17N3O4S2. The molecule has 0 saturated carbocycles. The summed E-state index contributed by atoms with van der Waals surface area (Å²) in [5.41, 5.74) is 6.84. The predicted octanol–water partition coefficient (Wildman–Crippen LogP) is -1.15. The summed E-state index contributed by atoms with van der Waals surface area (Å²) in [6, 6.07) is 6.90. The number of hydrogen-bond acceptors (Lipinski definition) is 5. The monoisotopic (exact) mass is 307 g/mol. The van der Waals surface area contributed by atoms with E-state index in [1.807, 2.05) is 0 Å². The fraction of sp³-hybridized carbons (Fsp3) is 0.400. The normalized spacial score (nSPS) is 12.5. The average molecular weight is 307 g/mol. The van der Waals surface area contributed by atoms with Crippen LogP contribution in [0.15, 0.2) is 24.3 Å². The van der Waals surface area contributed by atoms with Gasteiger partial charge in [-0.1, -0.05) is 24.3 Å². The highest BCUT2D eigenvalue weighted by Gasteiger charge is 2.14. The molecule has 0 radical (unpaired) electrons. The Labute approximate surface area is 113 Å². The van der Waals surface area contributed by atoms with Gasteiger partial charge in [0.25, 0.3) is 0 Å². The molecule has 0 aromatic heterocycles. The molecule has 7 nitrogen and oxygen atoms in total. The zero-order chi connectivity index (χ0) is 14.5. The van der Waals surface area contributed by atoms with E-state index in [0.717, 1.165) is 5.56 Å². The molecule has 0 fully saturated rings. The Morgan fingerprint density at radius 3 is 2.16 bits per heavy atom. The number of primary sulfonamides is 1. The van der Waals surface area contributed by atoms with E-state index in [0.29, 0.717) is 5.56 Å². The molecule has 5 N–H and O–H groups in total. The molecule has 0 aliphatic carbocycles.